The van der Waals surface area contributed by atoms with Gasteiger partial charge in [0.25, 0.3) is 0 Å². The highest BCUT2D eigenvalue weighted by Gasteiger charge is 2.17. The number of rotatable bonds is 7. The molecule has 0 spiro atoms. The van der Waals surface area contributed by atoms with Crippen molar-refractivity contribution in [1.29, 1.82) is 5.26 Å². The van der Waals surface area contributed by atoms with Crippen LogP contribution < -0.4 is 5.32 Å². The molecule has 6 heteroatoms. The van der Waals surface area contributed by atoms with E-state index >= 15 is 0 Å². The lowest BCUT2D eigenvalue weighted by atomic mass is 10.1. The Bertz CT molecular complexity index is 1240. The van der Waals surface area contributed by atoms with Crippen molar-refractivity contribution in [2.24, 2.45) is 0 Å². The summed E-state index contributed by atoms with van der Waals surface area (Å²) in [7, 11) is 0. The van der Waals surface area contributed by atoms with Gasteiger partial charge in [-0.2, -0.15) is 5.26 Å². The van der Waals surface area contributed by atoms with Crippen LogP contribution in [0.4, 0.5) is 5.69 Å². The van der Waals surface area contributed by atoms with Crippen molar-refractivity contribution in [2.75, 3.05) is 5.32 Å². The monoisotopic (exact) mass is 441 g/mol. The standard InChI is InChI=1S/C26H20ClN3O2/c27-21-10-8-19(9-11-21)25-23(32-26(30-25)20-4-2-1-3-5-20)14-15-24(31)29-22-12-6-18(7-13-22)16-17-28/h1-13H,14-16H2,(H,29,31). The molecule has 0 aliphatic carbocycles. The van der Waals surface area contributed by atoms with E-state index in [2.05, 4.69) is 11.4 Å². The molecule has 1 N–H and O–H groups in total. The number of hydrogen-bond acceptors (Lipinski definition) is 4. The Morgan fingerprint density at radius 1 is 0.969 bits per heavy atom. The molecule has 0 aliphatic heterocycles. The number of halogens is 1. The van der Waals surface area contributed by atoms with Gasteiger partial charge in [-0.1, -0.05) is 54.1 Å². The third kappa shape index (κ3) is 5.23. The Hall–Kier alpha value is -3.88. The fourth-order valence-corrected chi connectivity index (χ4v) is 3.43. The third-order valence-corrected chi connectivity index (χ3v) is 5.19. The summed E-state index contributed by atoms with van der Waals surface area (Å²) >= 11 is 6.03. The van der Waals surface area contributed by atoms with Crippen LogP contribution in [-0.4, -0.2) is 10.9 Å². The van der Waals surface area contributed by atoms with Gasteiger partial charge in [0, 0.05) is 34.7 Å². The maximum Gasteiger partial charge on any atom is 0.226 e. The molecular weight excluding hydrogens is 422 g/mol. The third-order valence-electron chi connectivity index (χ3n) is 4.94. The van der Waals surface area contributed by atoms with Crippen LogP contribution in [0, 0.1) is 11.3 Å². The first-order valence-electron chi connectivity index (χ1n) is 10.2. The Labute approximate surface area is 191 Å². The van der Waals surface area contributed by atoms with E-state index < -0.39 is 0 Å². The molecule has 0 saturated heterocycles. The Balaban J connectivity index is 1.51. The summed E-state index contributed by atoms with van der Waals surface area (Å²) in [5.41, 5.74) is 4.05. The minimum Gasteiger partial charge on any atom is -0.440 e. The van der Waals surface area contributed by atoms with Crippen LogP contribution in [0.3, 0.4) is 0 Å². The number of nitriles is 1. The van der Waals surface area contributed by atoms with Crippen molar-refractivity contribution in [3.63, 3.8) is 0 Å². The number of benzene rings is 3. The highest BCUT2D eigenvalue weighted by molar-refractivity contribution is 6.30. The molecule has 0 aliphatic rings. The lowest BCUT2D eigenvalue weighted by Crippen LogP contribution is -2.12. The largest absolute Gasteiger partial charge is 0.440 e. The fraction of sp³-hybridized carbons (Fsp3) is 0.115. The van der Waals surface area contributed by atoms with Crippen LogP contribution in [0.1, 0.15) is 17.7 Å². The second-order valence-corrected chi connectivity index (χ2v) is 7.68. The van der Waals surface area contributed by atoms with Crippen molar-refractivity contribution in [3.8, 4) is 28.8 Å². The number of carbonyl (C=O) groups excluding carboxylic acids is 1. The van der Waals surface area contributed by atoms with Gasteiger partial charge in [-0.3, -0.25) is 4.79 Å². The Kier molecular flexibility index (Phi) is 6.64. The first kappa shape index (κ1) is 21.4. The molecule has 0 atom stereocenters. The van der Waals surface area contributed by atoms with Gasteiger partial charge in [0.1, 0.15) is 11.5 Å². The van der Waals surface area contributed by atoms with Crippen LogP contribution in [-0.2, 0) is 17.6 Å². The van der Waals surface area contributed by atoms with Gasteiger partial charge >= 0.3 is 0 Å². The zero-order valence-electron chi connectivity index (χ0n) is 17.2. The van der Waals surface area contributed by atoms with Gasteiger partial charge in [0.15, 0.2) is 0 Å². The van der Waals surface area contributed by atoms with E-state index in [1.807, 2.05) is 54.6 Å². The van der Waals surface area contributed by atoms with Crippen LogP contribution in [0.25, 0.3) is 22.7 Å². The summed E-state index contributed by atoms with van der Waals surface area (Å²) in [5, 5.41) is 12.3. The molecule has 0 saturated carbocycles. The second-order valence-electron chi connectivity index (χ2n) is 7.24. The van der Waals surface area contributed by atoms with Gasteiger partial charge in [-0.05, 0) is 42.0 Å². The van der Waals surface area contributed by atoms with Crippen LogP contribution in [0.15, 0.2) is 83.3 Å². The van der Waals surface area contributed by atoms with Gasteiger partial charge in [0.2, 0.25) is 11.8 Å². The molecule has 1 aromatic heterocycles. The van der Waals surface area contributed by atoms with Crippen molar-refractivity contribution >= 4 is 23.2 Å². The highest BCUT2D eigenvalue weighted by atomic mass is 35.5. The summed E-state index contributed by atoms with van der Waals surface area (Å²) in [6.45, 7) is 0. The molecular formula is C26H20ClN3O2. The molecule has 5 nitrogen and oxygen atoms in total. The Morgan fingerprint density at radius 3 is 2.38 bits per heavy atom. The first-order valence-corrected chi connectivity index (χ1v) is 10.6. The molecule has 1 amide bonds. The summed E-state index contributed by atoms with van der Waals surface area (Å²) in [6.07, 6.45) is 0.983. The zero-order valence-corrected chi connectivity index (χ0v) is 18.0. The Morgan fingerprint density at radius 2 is 1.69 bits per heavy atom. The average molecular weight is 442 g/mol. The number of nitrogens with one attached hydrogen (secondary N) is 1. The molecule has 4 rings (SSSR count). The van der Waals surface area contributed by atoms with Crippen LogP contribution in [0.5, 0.6) is 0 Å². The number of aryl methyl sites for hydroxylation is 1. The normalized spacial score (nSPS) is 10.5. The molecule has 158 valence electrons. The molecule has 4 aromatic rings. The van der Waals surface area contributed by atoms with E-state index in [0.717, 1.165) is 16.7 Å². The fourth-order valence-electron chi connectivity index (χ4n) is 3.31. The molecule has 0 fully saturated rings. The molecule has 32 heavy (non-hydrogen) atoms. The van der Waals surface area contributed by atoms with Crippen LogP contribution in [0.2, 0.25) is 5.02 Å². The first-order chi connectivity index (χ1) is 15.6. The van der Waals surface area contributed by atoms with Crippen molar-refractivity contribution in [2.45, 2.75) is 19.3 Å². The number of amides is 1. The second kappa shape index (κ2) is 9.95. The molecule has 1 heterocycles. The van der Waals surface area contributed by atoms with E-state index in [9.17, 15) is 4.79 Å². The van der Waals surface area contributed by atoms with E-state index in [1.165, 1.54) is 0 Å². The van der Waals surface area contributed by atoms with Crippen molar-refractivity contribution in [3.05, 3.63) is 95.2 Å². The van der Waals surface area contributed by atoms with Gasteiger partial charge in [0.05, 0.1) is 12.5 Å². The summed E-state index contributed by atoms with van der Waals surface area (Å²) in [4.78, 5) is 17.2. The number of anilines is 1. The molecule has 0 bridgehead atoms. The lowest BCUT2D eigenvalue weighted by Gasteiger charge is -2.06. The summed E-state index contributed by atoms with van der Waals surface area (Å²) in [5.74, 6) is 1.03. The van der Waals surface area contributed by atoms with E-state index in [4.69, 9.17) is 26.3 Å². The average Bonchev–Trinajstić information content (AvgIpc) is 3.25. The maximum absolute atomic E-state index is 12.5. The molecule has 0 radical (unpaired) electrons. The predicted molar refractivity (Wildman–Crippen MR) is 125 cm³/mol. The quantitative estimate of drug-likeness (QED) is 0.365. The maximum atomic E-state index is 12.5. The number of nitrogens with zero attached hydrogens (tertiary/aromatic N) is 2. The predicted octanol–water partition coefficient (Wildman–Crippen LogP) is 6.30. The van der Waals surface area contributed by atoms with Gasteiger partial charge in [-0.15, -0.1) is 0 Å². The number of hydrogen-bond donors (Lipinski definition) is 1. The number of aromatic nitrogens is 1. The minimum absolute atomic E-state index is 0.127. The van der Waals surface area contributed by atoms with E-state index in [-0.39, 0.29) is 12.3 Å². The summed E-state index contributed by atoms with van der Waals surface area (Å²) in [6, 6.07) is 26.4. The summed E-state index contributed by atoms with van der Waals surface area (Å²) < 4.78 is 6.07. The van der Waals surface area contributed by atoms with E-state index in [1.54, 1.807) is 24.3 Å². The lowest BCUT2D eigenvalue weighted by molar-refractivity contribution is -0.116. The topological polar surface area (TPSA) is 78.9 Å². The van der Waals surface area contributed by atoms with Crippen molar-refractivity contribution < 1.29 is 9.21 Å². The minimum atomic E-state index is -0.127. The van der Waals surface area contributed by atoms with Gasteiger partial charge in [-0.25, -0.2) is 4.98 Å². The van der Waals surface area contributed by atoms with Crippen molar-refractivity contribution in [1.82, 2.24) is 4.98 Å². The smallest absolute Gasteiger partial charge is 0.226 e. The molecule has 3 aromatic carbocycles. The highest BCUT2D eigenvalue weighted by Crippen LogP contribution is 2.30. The number of oxazole rings is 1. The molecule has 0 unspecified atom stereocenters. The van der Waals surface area contributed by atoms with Crippen LogP contribution >= 0.6 is 11.6 Å². The van der Waals surface area contributed by atoms with E-state index in [0.29, 0.717) is 40.9 Å². The SMILES string of the molecule is N#CCc1ccc(NC(=O)CCc2oc(-c3ccccc3)nc2-c2ccc(Cl)cc2)cc1. The number of carbonyl (C=O) groups is 1. The zero-order chi connectivity index (χ0) is 22.3. The van der Waals surface area contributed by atoms with Gasteiger partial charge < -0.3 is 9.73 Å².